The van der Waals surface area contributed by atoms with Gasteiger partial charge in [0.15, 0.2) is 5.82 Å². The zero-order chi connectivity index (χ0) is 15.2. The van der Waals surface area contributed by atoms with Crippen LogP contribution in [0, 0.1) is 5.92 Å². The van der Waals surface area contributed by atoms with E-state index in [1.165, 1.54) is 6.33 Å². The lowest BCUT2D eigenvalue weighted by molar-refractivity contribution is 0.0497. The number of ether oxygens (including phenoxy) is 2. The highest BCUT2D eigenvalue weighted by atomic mass is 35.5. The van der Waals surface area contributed by atoms with Crippen molar-refractivity contribution in [3.05, 3.63) is 41.8 Å². The summed E-state index contributed by atoms with van der Waals surface area (Å²) in [5, 5.41) is 3.64. The maximum atomic E-state index is 6.02. The van der Waals surface area contributed by atoms with Crippen LogP contribution in [0.15, 0.2) is 36.8 Å². The molecule has 1 fully saturated rings. The Labute approximate surface area is 134 Å². The van der Waals surface area contributed by atoms with Crippen molar-refractivity contribution in [1.82, 2.24) is 9.97 Å². The Bertz CT molecular complexity index is 601. The van der Waals surface area contributed by atoms with Crippen molar-refractivity contribution in [2.75, 3.05) is 25.1 Å². The first-order valence-electron chi connectivity index (χ1n) is 7.34. The number of halogens is 1. The van der Waals surface area contributed by atoms with E-state index in [4.69, 9.17) is 21.1 Å². The van der Waals surface area contributed by atoms with Gasteiger partial charge in [0.2, 0.25) is 0 Å². The number of nitrogens with one attached hydrogen (secondary N) is 1. The summed E-state index contributed by atoms with van der Waals surface area (Å²) in [5.41, 5.74) is 0.902. The molecule has 5 nitrogen and oxygen atoms in total. The van der Waals surface area contributed by atoms with Crippen LogP contribution in [-0.2, 0) is 4.74 Å². The number of rotatable bonds is 5. The molecule has 1 aromatic heterocycles. The van der Waals surface area contributed by atoms with Crippen LogP contribution >= 0.6 is 11.6 Å². The Kier molecular flexibility index (Phi) is 5.08. The molecule has 2 heterocycles. The number of anilines is 2. The van der Waals surface area contributed by atoms with Gasteiger partial charge < -0.3 is 14.8 Å². The maximum Gasteiger partial charge on any atom is 0.152 e. The first-order valence-corrected chi connectivity index (χ1v) is 7.72. The van der Waals surface area contributed by atoms with Crippen molar-refractivity contribution in [1.29, 1.82) is 0 Å². The van der Waals surface area contributed by atoms with Crippen LogP contribution in [0.5, 0.6) is 5.75 Å². The summed E-state index contributed by atoms with van der Waals surface area (Å²) in [5.74, 6) is 2.05. The molecule has 0 atom stereocenters. The molecule has 1 saturated heterocycles. The van der Waals surface area contributed by atoms with Crippen molar-refractivity contribution >= 4 is 23.1 Å². The summed E-state index contributed by atoms with van der Waals surface area (Å²) in [6.45, 7) is 2.43. The minimum absolute atomic E-state index is 0.488. The van der Waals surface area contributed by atoms with Gasteiger partial charge in [0, 0.05) is 18.9 Å². The molecule has 1 aliphatic heterocycles. The van der Waals surface area contributed by atoms with Crippen molar-refractivity contribution in [2.24, 2.45) is 5.92 Å². The van der Waals surface area contributed by atoms with E-state index in [-0.39, 0.29) is 0 Å². The van der Waals surface area contributed by atoms with Crippen LogP contribution in [0.3, 0.4) is 0 Å². The second-order valence-corrected chi connectivity index (χ2v) is 5.64. The third kappa shape index (κ3) is 4.08. The summed E-state index contributed by atoms with van der Waals surface area (Å²) >= 11 is 6.02. The summed E-state index contributed by atoms with van der Waals surface area (Å²) in [7, 11) is 0. The van der Waals surface area contributed by atoms with Crippen molar-refractivity contribution in [2.45, 2.75) is 12.8 Å². The standard InChI is InChI=1S/C16H18ClN3O2/c17-15-9-18-11-19-16(15)20-13-1-3-14(4-2-13)22-10-12-5-7-21-8-6-12/h1-4,9,11-12H,5-8,10H2,(H,18,19,20). The SMILES string of the molecule is Clc1cncnc1Nc1ccc(OCC2CCOCC2)cc1. The highest BCUT2D eigenvalue weighted by molar-refractivity contribution is 6.32. The number of benzene rings is 1. The fourth-order valence-electron chi connectivity index (χ4n) is 2.30. The summed E-state index contributed by atoms with van der Waals surface area (Å²) in [6, 6.07) is 7.77. The van der Waals surface area contributed by atoms with Crippen molar-refractivity contribution in [3.63, 3.8) is 0 Å². The molecule has 3 rings (SSSR count). The van der Waals surface area contributed by atoms with Crippen LogP contribution in [0.1, 0.15) is 12.8 Å². The van der Waals surface area contributed by atoms with Crippen LogP contribution in [0.4, 0.5) is 11.5 Å². The number of aromatic nitrogens is 2. The van der Waals surface area contributed by atoms with Gasteiger partial charge in [-0.2, -0.15) is 0 Å². The van der Waals surface area contributed by atoms with Crippen molar-refractivity contribution in [3.8, 4) is 5.75 Å². The van der Waals surface area contributed by atoms with E-state index < -0.39 is 0 Å². The van der Waals surface area contributed by atoms with E-state index in [0.29, 0.717) is 16.8 Å². The summed E-state index contributed by atoms with van der Waals surface area (Å²) in [4.78, 5) is 7.95. The van der Waals surface area contributed by atoms with E-state index in [2.05, 4.69) is 15.3 Å². The predicted octanol–water partition coefficient (Wildman–Crippen LogP) is 3.68. The summed E-state index contributed by atoms with van der Waals surface area (Å²) < 4.78 is 11.2. The van der Waals surface area contributed by atoms with Crippen LogP contribution in [0.25, 0.3) is 0 Å². The Hall–Kier alpha value is -1.85. The smallest absolute Gasteiger partial charge is 0.152 e. The molecule has 1 aliphatic rings. The first kappa shape index (κ1) is 15.1. The molecular formula is C16H18ClN3O2. The topological polar surface area (TPSA) is 56.3 Å². The Morgan fingerprint density at radius 1 is 1.23 bits per heavy atom. The number of hydrogen-bond acceptors (Lipinski definition) is 5. The Morgan fingerprint density at radius 2 is 2.00 bits per heavy atom. The fourth-order valence-corrected chi connectivity index (χ4v) is 2.46. The minimum Gasteiger partial charge on any atom is -0.493 e. The van der Waals surface area contributed by atoms with Gasteiger partial charge in [0.25, 0.3) is 0 Å². The lowest BCUT2D eigenvalue weighted by atomic mass is 10.0. The number of hydrogen-bond donors (Lipinski definition) is 1. The molecule has 6 heteroatoms. The van der Waals surface area contributed by atoms with E-state index in [1.807, 2.05) is 24.3 Å². The molecular weight excluding hydrogens is 302 g/mol. The molecule has 1 aromatic carbocycles. The van der Waals surface area contributed by atoms with Crippen LogP contribution in [0.2, 0.25) is 5.02 Å². The van der Waals surface area contributed by atoms with E-state index >= 15 is 0 Å². The average molecular weight is 320 g/mol. The Balaban J connectivity index is 1.55. The molecule has 0 aliphatic carbocycles. The highest BCUT2D eigenvalue weighted by Gasteiger charge is 2.14. The second kappa shape index (κ2) is 7.42. The lowest BCUT2D eigenvalue weighted by Gasteiger charge is -2.22. The van der Waals surface area contributed by atoms with Gasteiger partial charge in [0.05, 0.1) is 12.8 Å². The fraction of sp³-hybridized carbons (Fsp3) is 0.375. The molecule has 0 radical (unpaired) electrons. The van der Waals surface area contributed by atoms with Gasteiger partial charge in [-0.3, -0.25) is 0 Å². The van der Waals surface area contributed by atoms with Gasteiger partial charge in [-0.15, -0.1) is 0 Å². The largest absolute Gasteiger partial charge is 0.493 e. The monoisotopic (exact) mass is 319 g/mol. The van der Waals surface area contributed by atoms with Crippen LogP contribution in [-0.4, -0.2) is 29.8 Å². The molecule has 116 valence electrons. The maximum absolute atomic E-state index is 6.02. The molecule has 0 unspecified atom stereocenters. The normalized spacial score (nSPS) is 15.5. The molecule has 2 aromatic rings. The highest BCUT2D eigenvalue weighted by Crippen LogP contribution is 2.24. The lowest BCUT2D eigenvalue weighted by Crippen LogP contribution is -2.21. The van der Waals surface area contributed by atoms with E-state index in [0.717, 1.165) is 44.1 Å². The zero-order valence-electron chi connectivity index (χ0n) is 12.2. The molecule has 0 spiro atoms. The number of nitrogens with zero attached hydrogens (tertiary/aromatic N) is 2. The van der Waals surface area contributed by atoms with Gasteiger partial charge in [-0.25, -0.2) is 9.97 Å². The molecule has 22 heavy (non-hydrogen) atoms. The van der Waals surface area contributed by atoms with Gasteiger partial charge >= 0.3 is 0 Å². The quantitative estimate of drug-likeness (QED) is 0.911. The first-order chi connectivity index (χ1) is 10.8. The molecule has 0 saturated carbocycles. The molecule has 0 amide bonds. The third-order valence-corrected chi connectivity index (χ3v) is 3.89. The minimum atomic E-state index is 0.488. The van der Waals surface area contributed by atoms with Crippen LogP contribution < -0.4 is 10.1 Å². The Morgan fingerprint density at radius 3 is 2.73 bits per heavy atom. The zero-order valence-corrected chi connectivity index (χ0v) is 12.9. The van der Waals surface area contributed by atoms with Crippen molar-refractivity contribution < 1.29 is 9.47 Å². The van der Waals surface area contributed by atoms with Gasteiger partial charge in [-0.05, 0) is 43.0 Å². The average Bonchev–Trinajstić information content (AvgIpc) is 2.57. The van der Waals surface area contributed by atoms with Gasteiger partial charge in [0.1, 0.15) is 17.1 Å². The summed E-state index contributed by atoms with van der Waals surface area (Å²) in [6.07, 6.45) is 5.17. The predicted molar refractivity (Wildman–Crippen MR) is 85.8 cm³/mol. The molecule has 0 bridgehead atoms. The third-order valence-electron chi connectivity index (χ3n) is 3.61. The van der Waals surface area contributed by atoms with E-state index in [9.17, 15) is 0 Å². The van der Waals surface area contributed by atoms with E-state index in [1.54, 1.807) is 6.20 Å². The van der Waals surface area contributed by atoms with Gasteiger partial charge in [-0.1, -0.05) is 11.6 Å². The molecule has 1 N–H and O–H groups in total. The second-order valence-electron chi connectivity index (χ2n) is 5.24.